The molecule has 1 atom stereocenters. The first kappa shape index (κ1) is 24.5. The quantitative estimate of drug-likeness (QED) is 0.436. The van der Waals surface area contributed by atoms with Crippen molar-refractivity contribution in [2.45, 2.75) is 25.9 Å². The van der Waals surface area contributed by atoms with Crippen molar-refractivity contribution in [2.24, 2.45) is 0 Å². The Balaban J connectivity index is 1.24. The van der Waals surface area contributed by atoms with Crippen molar-refractivity contribution in [3.63, 3.8) is 0 Å². The van der Waals surface area contributed by atoms with E-state index in [1.165, 1.54) is 41.3 Å². The van der Waals surface area contributed by atoms with E-state index < -0.39 is 18.0 Å². The van der Waals surface area contributed by atoms with Crippen LogP contribution in [0, 0.1) is 5.82 Å². The van der Waals surface area contributed by atoms with E-state index in [4.69, 9.17) is 4.74 Å². The van der Waals surface area contributed by atoms with E-state index in [0.717, 1.165) is 0 Å². The fourth-order valence-corrected chi connectivity index (χ4v) is 3.65. The minimum Gasteiger partial charge on any atom is -0.442 e. The van der Waals surface area contributed by atoms with Gasteiger partial charge in [-0.1, -0.05) is 0 Å². The van der Waals surface area contributed by atoms with Gasteiger partial charge in [-0.3, -0.25) is 19.3 Å². The van der Waals surface area contributed by atoms with Crippen LogP contribution >= 0.6 is 0 Å². The van der Waals surface area contributed by atoms with Crippen molar-refractivity contribution in [2.75, 3.05) is 23.3 Å². The average molecular weight is 494 g/mol. The molecule has 2 heterocycles. The molecule has 2 N–H and O–H groups in total. The third kappa shape index (κ3) is 5.90. The van der Waals surface area contributed by atoms with Gasteiger partial charge in [-0.2, -0.15) is 5.10 Å². The molecule has 0 aliphatic carbocycles. The Kier molecular flexibility index (Phi) is 7.33. The van der Waals surface area contributed by atoms with Gasteiger partial charge in [0, 0.05) is 31.0 Å². The number of ether oxygens (including phenoxy) is 1. The number of carbonyl (C=O) groups is 4. The highest BCUT2D eigenvalue weighted by atomic mass is 19.1. The molecule has 12 heteroatoms. The largest absolute Gasteiger partial charge is 0.442 e. The molecule has 3 aromatic rings. The van der Waals surface area contributed by atoms with Crippen LogP contribution in [0.3, 0.4) is 0 Å². The van der Waals surface area contributed by atoms with E-state index >= 15 is 0 Å². The summed E-state index contributed by atoms with van der Waals surface area (Å²) in [6.45, 7) is 1.57. The lowest BCUT2D eigenvalue weighted by molar-refractivity contribution is -0.121. The summed E-state index contributed by atoms with van der Waals surface area (Å²) in [4.78, 5) is 52.9. The van der Waals surface area contributed by atoms with Crippen molar-refractivity contribution in [1.82, 2.24) is 20.1 Å². The van der Waals surface area contributed by atoms with Gasteiger partial charge in [0.15, 0.2) is 11.6 Å². The normalized spacial score (nSPS) is 14.9. The van der Waals surface area contributed by atoms with Gasteiger partial charge in [0.05, 0.1) is 18.8 Å². The average Bonchev–Trinajstić information content (AvgIpc) is 3.51. The number of rotatable bonds is 9. The predicted molar refractivity (Wildman–Crippen MR) is 126 cm³/mol. The first-order valence-electron chi connectivity index (χ1n) is 11.1. The van der Waals surface area contributed by atoms with Crippen LogP contribution in [-0.4, -0.2) is 57.6 Å². The zero-order valence-electron chi connectivity index (χ0n) is 19.3. The Morgan fingerprint density at radius 3 is 2.58 bits per heavy atom. The van der Waals surface area contributed by atoms with E-state index in [1.807, 2.05) is 0 Å². The van der Waals surface area contributed by atoms with Crippen LogP contribution in [0.15, 0.2) is 55.1 Å². The lowest BCUT2D eigenvalue weighted by Gasteiger charge is -2.14. The van der Waals surface area contributed by atoms with E-state index in [1.54, 1.807) is 30.3 Å². The molecule has 1 aliphatic rings. The fraction of sp³-hybridized carbons (Fsp3) is 0.250. The van der Waals surface area contributed by atoms with Crippen molar-refractivity contribution in [3.8, 4) is 5.69 Å². The number of benzene rings is 2. The smallest absolute Gasteiger partial charge is 0.414 e. The second-order valence-electron chi connectivity index (χ2n) is 8.08. The van der Waals surface area contributed by atoms with Crippen molar-refractivity contribution in [1.29, 1.82) is 0 Å². The van der Waals surface area contributed by atoms with Crippen LogP contribution in [0.25, 0.3) is 5.69 Å². The van der Waals surface area contributed by atoms with E-state index in [-0.39, 0.29) is 49.2 Å². The molecule has 11 nitrogen and oxygen atoms in total. The van der Waals surface area contributed by atoms with Gasteiger partial charge >= 0.3 is 6.09 Å². The summed E-state index contributed by atoms with van der Waals surface area (Å²) < 4.78 is 21.1. The molecule has 4 rings (SSSR count). The van der Waals surface area contributed by atoms with Gasteiger partial charge in [-0.15, -0.1) is 0 Å². The molecule has 0 bridgehead atoms. The first-order valence-corrected chi connectivity index (χ1v) is 11.1. The number of aromatic nitrogens is 3. The van der Waals surface area contributed by atoms with E-state index in [0.29, 0.717) is 16.9 Å². The number of amides is 3. The standard InChI is InChI=1S/C24H23FN6O5/c1-15(32)29-17-4-2-16(3-5-17)22(33)8-9-23(34)27-11-19-12-30(24(35)36-19)18-6-7-21(20(25)10-18)31-14-26-13-28-31/h2-7,10,13-14,19H,8-9,11-12H2,1H3,(H,27,34)(H,29,32)/t19-/m0/s1. The summed E-state index contributed by atoms with van der Waals surface area (Å²) in [7, 11) is 0. The Labute approximate surface area is 205 Å². The van der Waals surface area contributed by atoms with E-state index in [2.05, 4.69) is 20.7 Å². The summed E-state index contributed by atoms with van der Waals surface area (Å²) in [5.74, 6) is -1.38. The molecule has 2 aromatic carbocycles. The van der Waals surface area contributed by atoms with Crippen molar-refractivity contribution >= 4 is 35.1 Å². The molecule has 0 unspecified atom stereocenters. The summed E-state index contributed by atoms with van der Waals surface area (Å²) in [6, 6.07) is 10.6. The molecular weight excluding hydrogens is 471 g/mol. The molecule has 1 fully saturated rings. The van der Waals surface area contributed by atoms with Crippen LogP contribution in [0.2, 0.25) is 0 Å². The minimum absolute atomic E-state index is 0.000701. The van der Waals surface area contributed by atoms with Gasteiger partial charge in [-0.25, -0.2) is 18.9 Å². The fourth-order valence-electron chi connectivity index (χ4n) is 3.65. The van der Waals surface area contributed by atoms with E-state index in [9.17, 15) is 23.6 Å². The van der Waals surface area contributed by atoms with Crippen molar-refractivity contribution < 1.29 is 28.3 Å². The maximum absolute atomic E-state index is 14.5. The summed E-state index contributed by atoms with van der Waals surface area (Å²) in [5, 5.41) is 9.16. The molecule has 3 amide bonds. The maximum atomic E-state index is 14.5. The summed E-state index contributed by atoms with van der Waals surface area (Å²) >= 11 is 0. The number of ketones is 1. The molecule has 0 spiro atoms. The Hall–Kier alpha value is -4.61. The lowest BCUT2D eigenvalue weighted by atomic mass is 10.1. The monoisotopic (exact) mass is 494 g/mol. The lowest BCUT2D eigenvalue weighted by Crippen LogP contribution is -2.34. The first-order chi connectivity index (χ1) is 17.3. The Morgan fingerprint density at radius 1 is 1.14 bits per heavy atom. The third-order valence-corrected chi connectivity index (χ3v) is 5.42. The number of hydrogen-bond acceptors (Lipinski definition) is 7. The molecule has 1 aliphatic heterocycles. The van der Waals surface area contributed by atoms with Gasteiger partial charge < -0.3 is 15.4 Å². The van der Waals surface area contributed by atoms with Crippen LogP contribution < -0.4 is 15.5 Å². The number of anilines is 2. The molecule has 0 saturated carbocycles. The second kappa shape index (κ2) is 10.8. The zero-order chi connectivity index (χ0) is 25.7. The zero-order valence-corrected chi connectivity index (χ0v) is 19.3. The Morgan fingerprint density at radius 2 is 1.92 bits per heavy atom. The van der Waals surface area contributed by atoms with Gasteiger partial charge in [0.1, 0.15) is 24.4 Å². The predicted octanol–water partition coefficient (Wildman–Crippen LogP) is 2.47. The summed E-state index contributed by atoms with van der Waals surface area (Å²) in [6.07, 6.45) is 1.33. The topological polar surface area (TPSA) is 136 Å². The highest BCUT2D eigenvalue weighted by Gasteiger charge is 2.33. The summed E-state index contributed by atoms with van der Waals surface area (Å²) in [5.41, 5.74) is 1.50. The van der Waals surface area contributed by atoms with Gasteiger partial charge in [-0.05, 0) is 42.5 Å². The Bertz CT molecular complexity index is 1280. The molecule has 36 heavy (non-hydrogen) atoms. The molecule has 1 saturated heterocycles. The van der Waals surface area contributed by atoms with Crippen LogP contribution in [0.5, 0.6) is 0 Å². The SMILES string of the molecule is CC(=O)Nc1ccc(C(=O)CCC(=O)NC[C@H]2CN(c3ccc(-n4cncn4)c(F)c3)C(=O)O2)cc1. The van der Waals surface area contributed by atoms with Crippen LogP contribution in [0.4, 0.5) is 20.6 Å². The number of halogens is 1. The highest BCUT2D eigenvalue weighted by molar-refractivity contribution is 5.98. The molecule has 186 valence electrons. The van der Waals surface area contributed by atoms with Gasteiger partial charge in [0.25, 0.3) is 0 Å². The second-order valence-corrected chi connectivity index (χ2v) is 8.08. The number of Topliss-reactive ketones (excluding diaryl/α,β-unsaturated/α-hetero) is 1. The van der Waals surface area contributed by atoms with Crippen LogP contribution in [0.1, 0.15) is 30.1 Å². The van der Waals surface area contributed by atoms with Crippen LogP contribution in [-0.2, 0) is 14.3 Å². The number of carbonyl (C=O) groups excluding carboxylic acids is 4. The van der Waals surface area contributed by atoms with Crippen molar-refractivity contribution in [3.05, 3.63) is 66.5 Å². The van der Waals surface area contributed by atoms with Gasteiger partial charge in [0.2, 0.25) is 11.8 Å². The minimum atomic E-state index is -0.653. The number of nitrogens with one attached hydrogen (secondary N) is 2. The maximum Gasteiger partial charge on any atom is 0.414 e. The molecular formula is C24H23FN6O5. The third-order valence-electron chi connectivity index (χ3n) is 5.42. The number of cyclic esters (lactones) is 1. The molecule has 0 radical (unpaired) electrons. The molecule has 1 aromatic heterocycles. The highest BCUT2D eigenvalue weighted by Crippen LogP contribution is 2.25. The number of hydrogen-bond donors (Lipinski definition) is 2. The number of nitrogens with zero attached hydrogens (tertiary/aromatic N) is 4.